The molecule has 5 nitrogen and oxygen atoms in total. The Bertz CT molecular complexity index is 1090. The molecule has 0 radical (unpaired) electrons. The van der Waals surface area contributed by atoms with Crippen LogP contribution in [0.4, 0.5) is 0 Å². The summed E-state index contributed by atoms with van der Waals surface area (Å²) in [5, 5.41) is 13.1. The molecule has 0 aliphatic carbocycles. The van der Waals surface area contributed by atoms with E-state index in [1.54, 1.807) is 11.9 Å². The average molecular weight is 399 g/mol. The van der Waals surface area contributed by atoms with Crippen LogP contribution in [-0.2, 0) is 19.6 Å². The number of nitrogens with zero attached hydrogens (tertiary/aromatic N) is 3. The maximum Gasteiger partial charge on any atom is 0.123 e. The molecule has 0 bridgehead atoms. The Labute approximate surface area is 177 Å². The van der Waals surface area contributed by atoms with Gasteiger partial charge in [0.15, 0.2) is 0 Å². The molecule has 4 rings (SSSR count). The third-order valence-electron chi connectivity index (χ3n) is 5.02. The lowest BCUT2D eigenvalue weighted by molar-refractivity contribution is 0.407. The molecule has 1 aromatic heterocycles. The van der Waals surface area contributed by atoms with Crippen molar-refractivity contribution in [1.29, 1.82) is 0 Å². The van der Waals surface area contributed by atoms with E-state index in [0.717, 1.165) is 28.3 Å². The Morgan fingerprint density at radius 3 is 2.33 bits per heavy atom. The molecular weight excluding hydrogens is 372 g/mol. The van der Waals surface area contributed by atoms with Crippen molar-refractivity contribution >= 4 is 0 Å². The van der Waals surface area contributed by atoms with Gasteiger partial charge in [0.1, 0.15) is 17.1 Å². The third-order valence-corrected chi connectivity index (χ3v) is 5.02. The first-order valence-corrected chi connectivity index (χ1v) is 10.1. The van der Waals surface area contributed by atoms with Crippen LogP contribution in [-0.4, -0.2) is 22.1 Å². The maximum absolute atomic E-state index is 5.45. The summed E-state index contributed by atoms with van der Waals surface area (Å²) < 4.78 is 5.45. The van der Waals surface area contributed by atoms with Gasteiger partial charge in [-0.15, -0.1) is 0 Å². The van der Waals surface area contributed by atoms with E-state index in [9.17, 15) is 0 Å². The lowest BCUT2D eigenvalue weighted by Gasteiger charge is -2.09. The largest absolute Gasteiger partial charge is 0.496 e. The number of aromatic nitrogens is 3. The van der Waals surface area contributed by atoms with Crippen LogP contribution >= 0.6 is 0 Å². The standard InChI is InChI=1S/C25H26N4O/c1-19-12-14-20(15-13-19)18-29-27-23(25(28-29)21-8-4-3-5-9-21)17-26-16-22-10-6-7-11-24(22)30-2/h3-15,26H,16-18H2,1-2H3. The zero-order chi connectivity index (χ0) is 20.8. The molecule has 0 amide bonds. The summed E-state index contributed by atoms with van der Waals surface area (Å²) in [4.78, 5) is 1.78. The third kappa shape index (κ3) is 4.75. The van der Waals surface area contributed by atoms with Gasteiger partial charge in [-0.3, -0.25) is 0 Å². The first kappa shape index (κ1) is 19.9. The van der Waals surface area contributed by atoms with Crippen LogP contribution in [0.25, 0.3) is 11.3 Å². The van der Waals surface area contributed by atoms with Crippen LogP contribution in [0.3, 0.4) is 0 Å². The van der Waals surface area contributed by atoms with Gasteiger partial charge in [-0.05, 0) is 18.6 Å². The monoisotopic (exact) mass is 398 g/mol. The lowest BCUT2D eigenvalue weighted by Crippen LogP contribution is -2.14. The second kappa shape index (κ2) is 9.37. The molecule has 1 heterocycles. The van der Waals surface area contributed by atoms with Crippen molar-refractivity contribution in [1.82, 2.24) is 20.3 Å². The minimum atomic E-state index is 0.621. The summed E-state index contributed by atoms with van der Waals surface area (Å²) in [6.07, 6.45) is 0. The molecule has 0 aliphatic heterocycles. The highest BCUT2D eigenvalue weighted by Gasteiger charge is 2.13. The van der Waals surface area contributed by atoms with Gasteiger partial charge in [-0.2, -0.15) is 15.0 Å². The number of rotatable bonds is 8. The van der Waals surface area contributed by atoms with Gasteiger partial charge in [-0.1, -0.05) is 78.4 Å². The summed E-state index contributed by atoms with van der Waals surface area (Å²) >= 11 is 0. The van der Waals surface area contributed by atoms with Crippen LogP contribution < -0.4 is 10.1 Å². The molecule has 5 heteroatoms. The summed E-state index contributed by atoms with van der Waals surface area (Å²) in [7, 11) is 1.70. The minimum absolute atomic E-state index is 0.621. The number of benzene rings is 3. The molecular formula is C25H26N4O. The second-order valence-electron chi connectivity index (χ2n) is 7.29. The van der Waals surface area contributed by atoms with Crippen molar-refractivity contribution in [3.8, 4) is 17.0 Å². The predicted octanol–water partition coefficient (Wildman–Crippen LogP) is 4.60. The number of nitrogens with one attached hydrogen (secondary N) is 1. The van der Waals surface area contributed by atoms with Gasteiger partial charge in [0.05, 0.1) is 13.7 Å². The van der Waals surface area contributed by atoms with Crippen molar-refractivity contribution in [3.05, 3.63) is 101 Å². The van der Waals surface area contributed by atoms with Gasteiger partial charge in [0, 0.05) is 24.2 Å². The van der Waals surface area contributed by atoms with Gasteiger partial charge in [0.2, 0.25) is 0 Å². The van der Waals surface area contributed by atoms with E-state index in [1.807, 2.05) is 36.4 Å². The van der Waals surface area contributed by atoms with Gasteiger partial charge in [-0.25, -0.2) is 0 Å². The Hall–Kier alpha value is -3.44. The highest BCUT2D eigenvalue weighted by atomic mass is 16.5. The smallest absolute Gasteiger partial charge is 0.123 e. The number of hydrogen-bond acceptors (Lipinski definition) is 4. The van der Waals surface area contributed by atoms with Crippen LogP contribution in [0.1, 0.15) is 22.4 Å². The molecule has 1 N–H and O–H groups in total. The molecule has 0 saturated heterocycles. The zero-order valence-electron chi connectivity index (χ0n) is 17.4. The fourth-order valence-corrected chi connectivity index (χ4v) is 3.41. The van der Waals surface area contributed by atoms with Crippen molar-refractivity contribution in [2.75, 3.05) is 7.11 Å². The van der Waals surface area contributed by atoms with Crippen LogP contribution in [0, 0.1) is 6.92 Å². The highest BCUT2D eigenvalue weighted by Crippen LogP contribution is 2.21. The Balaban J connectivity index is 1.54. The average Bonchev–Trinajstić information content (AvgIpc) is 3.19. The lowest BCUT2D eigenvalue weighted by atomic mass is 10.1. The van der Waals surface area contributed by atoms with E-state index >= 15 is 0 Å². The number of para-hydroxylation sites is 1. The van der Waals surface area contributed by atoms with E-state index in [4.69, 9.17) is 14.9 Å². The minimum Gasteiger partial charge on any atom is -0.496 e. The topological polar surface area (TPSA) is 52.0 Å². The molecule has 0 fully saturated rings. The SMILES string of the molecule is COc1ccccc1CNCc1nn(Cc2ccc(C)cc2)nc1-c1ccccc1. The maximum atomic E-state index is 5.45. The molecule has 30 heavy (non-hydrogen) atoms. The summed E-state index contributed by atoms with van der Waals surface area (Å²) in [6.45, 7) is 4.06. The van der Waals surface area contributed by atoms with Crippen molar-refractivity contribution < 1.29 is 4.74 Å². The van der Waals surface area contributed by atoms with Crippen LogP contribution in [0.5, 0.6) is 5.75 Å². The Morgan fingerprint density at radius 1 is 0.833 bits per heavy atom. The number of methoxy groups -OCH3 is 1. The van der Waals surface area contributed by atoms with Crippen molar-refractivity contribution in [3.63, 3.8) is 0 Å². The molecule has 0 spiro atoms. The molecule has 0 saturated carbocycles. The number of aryl methyl sites for hydroxylation is 1. The number of hydrogen-bond donors (Lipinski definition) is 1. The summed E-state index contributed by atoms with van der Waals surface area (Å²) in [5.41, 5.74) is 6.47. The second-order valence-corrected chi connectivity index (χ2v) is 7.29. The fourth-order valence-electron chi connectivity index (χ4n) is 3.41. The molecule has 0 unspecified atom stereocenters. The van der Waals surface area contributed by atoms with E-state index in [-0.39, 0.29) is 0 Å². The number of ether oxygens (including phenoxy) is 1. The first-order valence-electron chi connectivity index (χ1n) is 10.1. The zero-order valence-corrected chi connectivity index (χ0v) is 17.4. The van der Waals surface area contributed by atoms with E-state index < -0.39 is 0 Å². The first-order chi connectivity index (χ1) is 14.7. The quantitative estimate of drug-likeness (QED) is 0.471. The van der Waals surface area contributed by atoms with Crippen LogP contribution in [0.2, 0.25) is 0 Å². The normalized spacial score (nSPS) is 10.9. The van der Waals surface area contributed by atoms with E-state index in [2.05, 4.69) is 54.7 Å². The van der Waals surface area contributed by atoms with E-state index in [0.29, 0.717) is 19.6 Å². The molecule has 152 valence electrons. The molecule has 4 aromatic rings. The van der Waals surface area contributed by atoms with Gasteiger partial charge < -0.3 is 10.1 Å². The predicted molar refractivity (Wildman–Crippen MR) is 119 cm³/mol. The van der Waals surface area contributed by atoms with E-state index in [1.165, 1.54) is 11.1 Å². The van der Waals surface area contributed by atoms with Gasteiger partial charge >= 0.3 is 0 Å². The highest BCUT2D eigenvalue weighted by molar-refractivity contribution is 5.60. The Kier molecular flexibility index (Phi) is 6.20. The van der Waals surface area contributed by atoms with Crippen LogP contribution in [0.15, 0.2) is 78.9 Å². The summed E-state index contributed by atoms with van der Waals surface area (Å²) in [6, 6.07) is 26.7. The molecule has 0 atom stereocenters. The molecule has 3 aromatic carbocycles. The van der Waals surface area contributed by atoms with Crippen molar-refractivity contribution in [2.45, 2.75) is 26.6 Å². The Morgan fingerprint density at radius 2 is 1.57 bits per heavy atom. The fraction of sp³-hybridized carbons (Fsp3) is 0.200. The molecule has 0 aliphatic rings. The summed E-state index contributed by atoms with van der Waals surface area (Å²) in [5.74, 6) is 0.885. The van der Waals surface area contributed by atoms with Crippen molar-refractivity contribution in [2.24, 2.45) is 0 Å². The van der Waals surface area contributed by atoms with Gasteiger partial charge in [0.25, 0.3) is 0 Å².